The predicted molar refractivity (Wildman–Crippen MR) is 95.5 cm³/mol. The van der Waals surface area contributed by atoms with Gasteiger partial charge in [0.15, 0.2) is 0 Å². The molecule has 2 N–H and O–H groups in total. The highest BCUT2D eigenvalue weighted by Crippen LogP contribution is 2.29. The Morgan fingerprint density at radius 3 is 2.56 bits per heavy atom. The molecule has 0 aromatic heterocycles. The van der Waals surface area contributed by atoms with Crippen molar-refractivity contribution in [3.05, 3.63) is 53.6 Å². The number of benzene rings is 2. The number of hydrogen-bond donors (Lipinski definition) is 2. The first-order chi connectivity index (χ1) is 11.9. The maximum atomic E-state index is 12.5. The summed E-state index contributed by atoms with van der Waals surface area (Å²) in [5, 5.41) is 2.73. The van der Waals surface area contributed by atoms with Gasteiger partial charge in [0.25, 0.3) is 5.91 Å². The number of rotatable bonds is 6. The zero-order valence-electron chi connectivity index (χ0n) is 14.1. The van der Waals surface area contributed by atoms with E-state index < -0.39 is 10.0 Å². The normalized spacial score (nSPS) is 14.2. The van der Waals surface area contributed by atoms with Crippen LogP contribution in [0.1, 0.15) is 28.8 Å². The summed E-state index contributed by atoms with van der Waals surface area (Å²) in [5.74, 6) is 0.0677. The first kappa shape index (κ1) is 17.4. The third-order valence-electron chi connectivity index (χ3n) is 3.91. The molecule has 0 atom stereocenters. The van der Waals surface area contributed by atoms with E-state index in [-0.39, 0.29) is 16.8 Å². The zero-order valence-corrected chi connectivity index (χ0v) is 14.9. The molecule has 0 heterocycles. The highest BCUT2D eigenvalue weighted by molar-refractivity contribution is 7.89. The van der Waals surface area contributed by atoms with Crippen molar-refractivity contribution in [2.75, 3.05) is 12.4 Å². The molecule has 132 valence electrons. The van der Waals surface area contributed by atoms with Crippen LogP contribution in [-0.2, 0) is 10.0 Å². The molecule has 1 aliphatic carbocycles. The Labute approximate surface area is 147 Å². The number of carbonyl (C=O) groups is 1. The van der Waals surface area contributed by atoms with E-state index in [1.165, 1.54) is 25.3 Å². The van der Waals surface area contributed by atoms with E-state index in [9.17, 15) is 13.2 Å². The van der Waals surface area contributed by atoms with Gasteiger partial charge in [-0.25, -0.2) is 13.1 Å². The largest absolute Gasteiger partial charge is 0.495 e. The van der Waals surface area contributed by atoms with Gasteiger partial charge in [0.2, 0.25) is 10.0 Å². The molecule has 1 amide bonds. The number of anilines is 1. The second-order valence-electron chi connectivity index (χ2n) is 6.08. The lowest BCUT2D eigenvalue weighted by molar-refractivity contribution is 0.102. The van der Waals surface area contributed by atoms with Crippen LogP contribution in [0.4, 0.5) is 5.69 Å². The molecule has 0 spiro atoms. The molecule has 2 aromatic carbocycles. The summed E-state index contributed by atoms with van der Waals surface area (Å²) in [7, 11) is -2.14. The molecule has 0 radical (unpaired) electrons. The van der Waals surface area contributed by atoms with Gasteiger partial charge in [-0.2, -0.15) is 0 Å². The number of nitrogens with one attached hydrogen (secondary N) is 2. The Bertz CT molecular complexity index is 905. The van der Waals surface area contributed by atoms with Crippen molar-refractivity contribution in [1.29, 1.82) is 0 Å². The summed E-state index contributed by atoms with van der Waals surface area (Å²) in [6.07, 6.45) is 1.71. The number of sulfonamides is 1. The quantitative estimate of drug-likeness (QED) is 0.829. The summed E-state index contributed by atoms with van der Waals surface area (Å²) >= 11 is 0. The number of amides is 1. The lowest BCUT2D eigenvalue weighted by Crippen LogP contribution is -2.25. The summed E-state index contributed by atoms with van der Waals surface area (Å²) in [4.78, 5) is 12.5. The molecule has 2 aromatic rings. The Hall–Kier alpha value is -2.38. The number of ether oxygens (including phenoxy) is 1. The minimum atomic E-state index is -3.61. The van der Waals surface area contributed by atoms with Crippen LogP contribution in [0.15, 0.2) is 47.4 Å². The van der Waals surface area contributed by atoms with Gasteiger partial charge in [0.1, 0.15) is 5.75 Å². The number of methoxy groups -OCH3 is 1. The van der Waals surface area contributed by atoms with E-state index in [2.05, 4.69) is 10.0 Å². The number of aryl methyl sites for hydroxylation is 1. The monoisotopic (exact) mass is 360 g/mol. The minimum absolute atomic E-state index is 0.0115. The van der Waals surface area contributed by atoms with Gasteiger partial charge in [0.05, 0.1) is 17.7 Å². The van der Waals surface area contributed by atoms with E-state index >= 15 is 0 Å². The van der Waals surface area contributed by atoms with Gasteiger partial charge in [-0.1, -0.05) is 17.7 Å². The van der Waals surface area contributed by atoms with Gasteiger partial charge >= 0.3 is 0 Å². The van der Waals surface area contributed by atoms with Crippen molar-refractivity contribution in [3.63, 3.8) is 0 Å². The molecule has 1 saturated carbocycles. The molecule has 3 rings (SSSR count). The Morgan fingerprint density at radius 1 is 1.16 bits per heavy atom. The lowest BCUT2D eigenvalue weighted by atomic mass is 10.1. The first-order valence-electron chi connectivity index (χ1n) is 7.97. The molecule has 25 heavy (non-hydrogen) atoms. The van der Waals surface area contributed by atoms with E-state index in [1.807, 2.05) is 13.0 Å². The van der Waals surface area contributed by atoms with E-state index in [0.29, 0.717) is 17.0 Å². The predicted octanol–water partition coefficient (Wildman–Crippen LogP) is 2.70. The van der Waals surface area contributed by atoms with Gasteiger partial charge in [0, 0.05) is 11.6 Å². The van der Waals surface area contributed by atoms with Crippen LogP contribution >= 0.6 is 0 Å². The molecular formula is C18H20N2O4S. The molecule has 0 unspecified atom stereocenters. The fourth-order valence-corrected chi connectivity index (χ4v) is 3.75. The zero-order chi connectivity index (χ0) is 18.0. The Balaban J connectivity index is 1.88. The Morgan fingerprint density at radius 2 is 1.92 bits per heavy atom. The van der Waals surface area contributed by atoms with Crippen molar-refractivity contribution < 1.29 is 17.9 Å². The first-order valence-corrected chi connectivity index (χ1v) is 9.46. The molecule has 0 bridgehead atoms. The van der Waals surface area contributed by atoms with Crippen LogP contribution in [0.2, 0.25) is 0 Å². The van der Waals surface area contributed by atoms with Crippen molar-refractivity contribution in [1.82, 2.24) is 4.72 Å². The van der Waals surface area contributed by atoms with Gasteiger partial charge in [-0.3, -0.25) is 4.79 Å². The SMILES string of the molecule is COc1ccc(S(=O)(=O)NC2CC2)cc1NC(=O)c1cccc(C)c1. The van der Waals surface area contributed by atoms with E-state index in [0.717, 1.165) is 18.4 Å². The molecule has 0 aliphatic heterocycles. The molecule has 0 saturated heterocycles. The third kappa shape index (κ3) is 4.18. The van der Waals surface area contributed by atoms with Gasteiger partial charge in [-0.05, 0) is 50.1 Å². The number of carbonyl (C=O) groups excluding carboxylic acids is 1. The van der Waals surface area contributed by atoms with Crippen LogP contribution in [0.25, 0.3) is 0 Å². The van der Waals surface area contributed by atoms with Crippen molar-refractivity contribution in [2.24, 2.45) is 0 Å². The highest BCUT2D eigenvalue weighted by atomic mass is 32.2. The standard InChI is InChI=1S/C18H20N2O4S/c1-12-4-3-5-13(10-12)18(21)19-16-11-15(8-9-17(16)24-2)25(22,23)20-14-6-7-14/h3-5,8-11,14,20H,6-7H2,1-2H3,(H,19,21). The van der Waals surface area contributed by atoms with Crippen LogP contribution in [0.5, 0.6) is 5.75 Å². The Kier molecular flexibility index (Phi) is 4.78. The second-order valence-corrected chi connectivity index (χ2v) is 7.80. The van der Waals surface area contributed by atoms with Crippen LogP contribution in [0.3, 0.4) is 0 Å². The fraction of sp³-hybridized carbons (Fsp3) is 0.278. The summed E-state index contributed by atoms with van der Waals surface area (Å²) in [6.45, 7) is 1.90. The topological polar surface area (TPSA) is 84.5 Å². The van der Waals surface area contributed by atoms with Crippen LogP contribution in [0, 0.1) is 6.92 Å². The maximum Gasteiger partial charge on any atom is 0.255 e. The minimum Gasteiger partial charge on any atom is -0.495 e. The van der Waals surface area contributed by atoms with Gasteiger partial charge in [-0.15, -0.1) is 0 Å². The molecule has 6 nitrogen and oxygen atoms in total. The summed E-state index contributed by atoms with van der Waals surface area (Å²) in [5.41, 5.74) is 1.77. The second kappa shape index (κ2) is 6.85. The van der Waals surface area contributed by atoms with E-state index in [1.54, 1.807) is 18.2 Å². The van der Waals surface area contributed by atoms with E-state index in [4.69, 9.17) is 4.74 Å². The van der Waals surface area contributed by atoms with Crippen molar-refractivity contribution in [3.8, 4) is 5.75 Å². The smallest absolute Gasteiger partial charge is 0.255 e. The molecule has 1 fully saturated rings. The molecule has 1 aliphatic rings. The van der Waals surface area contributed by atoms with Gasteiger partial charge < -0.3 is 10.1 Å². The highest BCUT2D eigenvalue weighted by Gasteiger charge is 2.28. The lowest BCUT2D eigenvalue weighted by Gasteiger charge is -2.13. The third-order valence-corrected chi connectivity index (χ3v) is 5.43. The average Bonchev–Trinajstić information content (AvgIpc) is 3.38. The number of hydrogen-bond acceptors (Lipinski definition) is 4. The molecular weight excluding hydrogens is 340 g/mol. The van der Waals surface area contributed by atoms with Crippen LogP contribution < -0.4 is 14.8 Å². The summed E-state index contributed by atoms with van der Waals surface area (Å²) in [6, 6.07) is 11.6. The van der Waals surface area contributed by atoms with Crippen LogP contribution in [-0.4, -0.2) is 27.5 Å². The maximum absolute atomic E-state index is 12.5. The van der Waals surface area contributed by atoms with Crippen molar-refractivity contribution in [2.45, 2.75) is 30.7 Å². The van der Waals surface area contributed by atoms with Crippen molar-refractivity contribution >= 4 is 21.6 Å². The summed E-state index contributed by atoms with van der Waals surface area (Å²) < 4.78 is 32.6. The molecule has 7 heteroatoms. The fourth-order valence-electron chi connectivity index (χ4n) is 2.42. The average molecular weight is 360 g/mol.